The summed E-state index contributed by atoms with van der Waals surface area (Å²) in [6, 6.07) is 1.98. The minimum Gasteiger partial charge on any atom is -0.465 e. The van der Waals surface area contributed by atoms with Gasteiger partial charge in [-0.15, -0.1) is 0 Å². The molecule has 2 heterocycles. The molecule has 90 valence electrons. The molecule has 0 bridgehead atoms. The van der Waals surface area contributed by atoms with Gasteiger partial charge < -0.3 is 10.0 Å². The van der Waals surface area contributed by atoms with Crippen molar-refractivity contribution in [2.24, 2.45) is 0 Å². The number of nitrogens with zero attached hydrogens (tertiary/aromatic N) is 2. The average molecular weight is 253 g/mol. The Morgan fingerprint density at radius 1 is 1.59 bits per heavy atom. The highest BCUT2D eigenvalue weighted by Gasteiger charge is 2.17. The quantitative estimate of drug-likeness (QED) is 0.782. The normalized spacial score (nSPS) is 15.6. The Balaban J connectivity index is 2.19. The smallest absolute Gasteiger partial charge is 0.407 e. The van der Waals surface area contributed by atoms with Crippen LogP contribution in [0.15, 0.2) is 18.3 Å². The van der Waals surface area contributed by atoms with Crippen molar-refractivity contribution in [1.29, 1.82) is 0 Å². The Kier molecular flexibility index (Phi) is 3.33. The van der Waals surface area contributed by atoms with Crippen LogP contribution >= 0.6 is 11.6 Å². The third-order valence-electron chi connectivity index (χ3n) is 2.86. The van der Waals surface area contributed by atoms with Gasteiger partial charge in [0.2, 0.25) is 0 Å². The van der Waals surface area contributed by atoms with Crippen molar-refractivity contribution in [1.82, 2.24) is 9.88 Å². The van der Waals surface area contributed by atoms with E-state index in [1.165, 1.54) is 4.90 Å². The number of aryl methyl sites for hydroxylation is 1. The SMILES string of the molecule is Cc1cc(C2=CCN(C(=O)O)CC2)cnc1Cl. The van der Waals surface area contributed by atoms with Crippen molar-refractivity contribution < 1.29 is 9.90 Å². The lowest BCUT2D eigenvalue weighted by atomic mass is 10.0. The lowest BCUT2D eigenvalue weighted by Gasteiger charge is -2.23. The molecule has 1 aliphatic heterocycles. The van der Waals surface area contributed by atoms with E-state index in [0.717, 1.165) is 23.1 Å². The van der Waals surface area contributed by atoms with E-state index in [1.807, 2.05) is 19.1 Å². The van der Waals surface area contributed by atoms with E-state index in [9.17, 15) is 4.79 Å². The first-order valence-corrected chi connectivity index (χ1v) is 5.75. The second kappa shape index (κ2) is 4.75. The van der Waals surface area contributed by atoms with Gasteiger partial charge in [-0.3, -0.25) is 0 Å². The Morgan fingerprint density at radius 2 is 2.35 bits per heavy atom. The van der Waals surface area contributed by atoms with E-state index >= 15 is 0 Å². The molecule has 2 rings (SSSR count). The maximum absolute atomic E-state index is 10.8. The largest absolute Gasteiger partial charge is 0.465 e. The number of carbonyl (C=O) groups is 1. The minimum atomic E-state index is -0.870. The van der Waals surface area contributed by atoms with E-state index in [1.54, 1.807) is 6.20 Å². The molecule has 0 fully saturated rings. The van der Waals surface area contributed by atoms with Crippen molar-refractivity contribution in [3.63, 3.8) is 0 Å². The van der Waals surface area contributed by atoms with E-state index in [2.05, 4.69) is 4.98 Å². The number of rotatable bonds is 1. The van der Waals surface area contributed by atoms with Crippen LogP contribution in [0.25, 0.3) is 5.57 Å². The molecule has 1 N–H and O–H groups in total. The number of carboxylic acid groups (broad SMARTS) is 1. The van der Waals surface area contributed by atoms with Gasteiger partial charge in [-0.25, -0.2) is 9.78 Å². The highest BCUT2D eigenvalue weighted by atomic mass is 35.5. The molecule has 0 unspecified atom stereocenters. The molecule has 0 saturated heterocycles. The number of aromatic nitrogens is 1. The second-order valence-electron chi connectivity index (χ2n) is 4.04. The molecule has 0 spiro atoms. The van der Waals surface area contributed by atoms with Crippen molar-refractivity contribution in [3.8, 4) is 0 Å². The third-order valence-corrected chi connectivity index (χ3v) is 3.26. The molecular weight excluding hydrogens is 240 g/mol. The topological polar surface area (TPSA) is 53.4 Å². The maximum atomic E-state index is 10.8. The molecule has 0 aromatic carbocycles. The Labute approximate surface area is 105 Å². The van der Waals surface area contributed by atoms with Crippen LogP contribution in [-0.4, -0.2) is 34.2 Å². The highest BCUT2D eigenvalue weighted by Crippen LogP contribution is 2.24. The zero-order valence-corrected chi connectivity index (χ0v) is 10.2. The molecular formula is C12H13ClN2O2. The average Bonchev–Trinajstić information content (AvgIpc) is 2.33. The fraction of sp³-hybridized carbons (Fsp3) is 0.333. The summed E-state index contributed by atoms with van der Waals surface area (Å²) in [5, 5.41) is 9.35. The van der Waals surface area contributed by atoms with E-state index in [-0.39, 0.29) is 0 Å². The van der Waals surface area contributed by atoms with Crippen molar-refractivity contribution >= 4 is 23.3 Å². The fourth-order valence-electron chi connectivity index (χ4n) is 1.84. The standard InChI is InChI=1S/C12H13ClN2O2/c1-8-6-10(7-14-11(8)13)9-2-4-15(5-3-9)12(16)17/h2,6-7H,3-5H2,1H3,(H,16,17). The monoisotopic (exact) mass is 252 g/mol. The summed E-state index contributed by atoms with van der Waals surface area (Å²) in [6.45, 7) is 2.88. The fourth-order valence-corrected chi connectivity index (χ4v) is 1.94. The summed E-state index contributed by atoms with van der Waals surface area (Å²) in [5.74, 6) is 0. The second-order valence-corrected chi connectivity index (χ2v) is 4.40. The molecule has 4 nitrogen and oxygen atoms in total. The number of hydrogen-bond acceptors (Lipinski definition) is 2. The van der Waals surface area contributed by atoms with E-state index in [0.29, 0.717) is 18.2 Å². The molecule has 0 atom stereocenters. The molecule has 1 aromatic rings. The lowest BCUT2D eigenvalue weighted by molar-refractivity contribution is 0.150. The van der Waals surface area contributed by atoms with Gasteiger partial charge in [-0.2, -0.15) is 0 Å². The number of pyridine rings is 1. The summed E-state index contributed by atoms with van der Waals surface area (Å²) in [7, 11) is 0. The van der Waals surface area contributed by atoms with Gasteiger partial charge in [-0.05, 0) is 36.1 Å². The van der Waals surface area contributed by atoms with Gasteiger partial charge in [0.1, 0.15) is 5.15 Å². The van der Waals surface area contributed by atoms with E-state index in [4.69, 9.17) is 16.7 Å². The van der Waals surface area contributed by atoms with Crippen LogP contribution in [0.5, 0.6) is 0 Å². The molecule has 0 saturated carbocycles. The third kappa shape index (κ3) is 2.58. The predicted molar refractivity (Wildman–Crippen MR) is 66.2 cm³/mol. The van der Waals surface area contributed by atoms with E-state index < -0.39 is 6.09 Å². The summed E-state index contributed by atoms with van der Waals surface area (Å²) in [5.41, 5.74) is 3.09. The summed E-state index contributed by atoms with van der Waals surface area (Å²) < 4.78 is 0. The van der Waals surface area contributed by atoms with Crippen LogP contribution in [0, 0.1) is 6.92 Å². The summed E-state index contributed by atoms with van der Waals surface area (Å²) >= 11 is 5.87. The summed E-state index contributed by atoms with van der Waals surface area (Å²) in [4.78, 5) is 16.3. The summed E-state index contributed by atoms with van der Waals surface area (Å²) in [6.07, 6.45) is 3.51. The first-order valence-electron chi connectivity index (χ1n) is 5.37. The predicted octanol–water partition coefficient (Wildman–Crippen LogP) is 2.81. The van der Waals surface area contributed by atoms with Gasteiger partial charge in [-0.1, -0.05) is 17.7 Å². The van der Waals surface area contributed by atoms with Gasteiger partial charge >= 0.3 is 6.09 Å². The number of amides is 1. The van der Waals surface area contributed by atoms with Crippen molar-refractivity contribution in [2.75, 3.05) is 13.1 Å². The maximum Gasteiger partial charge on any atom is 0.407 e. The van der Waals surface area contributed by atoms with Gasteiger partial charge in [0.05, 0.1) is 0 Å². The van der Waals surface area contributed by atoms with Gasteiger partial charge in [0.15, 0.2) is 0 Å². The molecule has 1 amide bonds. The van der Waals surface area contributed by atoms with Crippen LogP contribution in [-0.2, 0) is 0 Å². The van der Waals surface area contributed by atoms with Crippen molar-refractivity contribution in [3.05, 3.63) is 34.6 Å². The first-order chi connectivity index (χ1) is 8.08. The minimum absolute atomic E-state index is 0.437. The molecule has 5 heteroatoms. The molecule has 1 aromatic heterocycles. The van der Waals surface area contributed by atoms with Crippen LogP contribution in [0.2, 0.25) is 5.15 Å². The first kappa shape index (κ1) is 11.9. The highest BCUT2D eigenvalue weighted by molar-refractivity contribution is 6.30. The van der Waals surface area contributed by atoms with Crippen LogP contribution in [0.4, 0.5) is 4.79 Å². The molecule has 0 radical (unpaired) electrons. The zero-order valence-electron chi connectivity index (χ0n) is 9.48. The van der Waals surface area contributed by atoms with Crippen LogP contribution < -0.4 is 0 Å². The lowest BCUT2D eigenvalue weighted by Crippen LogP contribution is -2.33. The van der Waals surface area contributed by atoms with Crippen molar-refractivity contribution in [2.45, 2.75) is 13.3 Å². The van der Waals surface area contributed by atoms with Crippen LogP contribution in [0.1, 0.15) is 17.5 Å². The Bertz CT molecular complexity index is 485. The van der Waals surface area contributed by atoms with Crippen LogP contribution in [0.3, 0.4) is 0 Å². The number of hydrogen-bond donors (Lipinski definition) is 1. The van der Waals surface area contributed by atoms with Gasteiger partial charge in [0, 0.05) is 19.3 Å². The molecule has 17 heavy (non-hydrogen) atoms. The zero-order chi connectivity index (χ0) is 12.4. The number of halogens is 1. The molecule has 0 aliphatic carbocycles. The Morgan fingerprint density at radius 3 is 2.88 bits per heavy atom. The van der Waals surface area contributed by atoms with Gasteiger partial charge in [0.25, 0.3) is 0 Å². The Hall–Kier alpha value is -1.55. The molecule has 1 aliphatic rings.